The first-order valence-electron chi connectivity index (χ1n) is 6.50. The highest BCUT2D eigenvalue weighted by Gasteiger charge is 2.09. The predicted molar refractivity (Wildman–Crippen MR) is 78.7 cm³/mol. The Morgan fingerprint density at radius 3 is 2.91 bits per heavy atom. The van der Waals surface area contributed by atoms with Crippen molar-refractivity contribution in [2.75, 3.05) is 7.11 Å². The zero-order valence-electron chi connectivity index (χ0n) is 11.5. The van der Waals surface area contributed by atoms with Gasteiger partial charge in [-0.3, -0.25) is 9.20 Å². The molecule has 0 atom stereocenters. The number of benzene rings is 1. The van der Waals surface area contributed by atoms with Crippen molar-refractivity contribution < 1.29 is 4.74 Å². The molecule has 0 spiro atoms. The molecule has 0 radical (unpaired) electrons. The molecule has 0 aliphatic heterocycles. The molecule has 4 aromatic rings. The predicted octanol–water partition coefficient (Wildman–Crippen LogP) is 1.04. The van der Waals surface area contributed by atoms with Gasteiger partial charge in [0.1, 0.15) is 11.4 Å². The lowest BCUT2D eigenvalue weighted by Crippen LogP contribution is -2.15. The Balaban J connectivity index is 2.03. The molecule has 4 rings (SSSR count). The van der Waals surface area contributed by atoms with Crippen molar-refractivity contribution in [3.05, 3.63) is 46.9 Å². The topological polar surface area (TPSA) is 98.1 Å². The average Bonchev–Trinajstić information content (AvgIpc) is 3.09. The van der Waals surface area contributed by atoms with Crippen LogP contribution in [0.5, 0.6) is 5.75 Å². The smallest absolute Gasteiger partial charge is 0.265 e. The maximum atomic E-state index is 12.6. The lowest BCUT2D eigenvalue weighted by molar-refractivity contribution is 0.415. The average molecular weight is 294 g/mol. The number of nitrogens with one attached hydrogen (secondary N) is 1. The number of methoxy groups -OCH3 is 1. The van der Waals surface area contributed by atoms with Crippen LogP contribution in [0.4, 0.5) is 0 Å². The molecule has 1 N–H and O–H groups in total. The number of pyridine rings is 1. The van der Waals surface area contributed by atoms with E-state index in [0.717, 1.165) is 0 Å². The van der Waals surface area contributed by atoms with Gasteiger partial charge in [-0.15, -0.1) is 10.2 Å². The molecule has 3 heterocycles. The van der Waals surface area contributed by atoms with Crippen molar-refractivity contribution in [2.45, 2.75) is 0 Å². The first-order valence-corrected chi connectivity index (χ1v) is 6.50. The maximum Gasteiger partial charge on any atom is 0.265 e. The van der Waals surface area contributed by atoms with E-state index in [0.29, 0.717) is 33.7 Å². The number of aromatic nitrogens is 6. The van der Waals surface area contributed by atoms with Crippen LogP contribution in [-0.4, -0.2) is 37.1 Å². The van der Waals surface area contributed by atoms with E-state index in [1.54, 1.807) is 43.6 Å². The van der Waals surface area contributed by atoms with Gasteiger partial charge in [-0.2, -0.15) is 5.21 Å². The van der Waals surface area contributed by atoms with E-state index < -0.39 is 0 Å². The fourth-order valence-corrected chi connectivity index (χ4v) is 2.33. The lowest BCUT2D eigenvalue weighted by Gasteiger charge is -2.06. The Hall–Kier alpha value is -3.29. The summed E-state index contributed by atoms with van der Waals surface area (Å²) in [6.07, 6.45) is 1.65. The minimum Gasteiger partial charge on any atom is -0.497 e. The molecule has 0 saturated heterocycles. The van der Waals surface area contributed by atoms with Crippen LogP contribution in [-0.2, 0) is 0 Å². The summed E-state index contributed by atoms with van der Waals surface area (Å²) >= 11 is 0. The number of H-pyrrole nitrogens is 1. The molecule has 0 fully saturated rings. The van der Waals surface area contributed by atoms with Crippen LogP contribution in [0, 0.1) is 0 Å². The number of ether oxygens (including phenoxy) is 1. The third-order valence-electron chi connectivity index (χ3n) is 3.42. The summed E-state index contributed by atoms with van der Waals surface area (Å²) in [5.74, 6) is 1.08. The molecule has 0 bridgehead atoms. The molecule has 8 nitrogen and oxygen atoms in total. The third-order valence-corrected chi connectivity index (χ3v) is 3.42. The second-order valence-corrected chi connectivity index (χ2v) is 4.68. The second-order valence-electron chi connectivity index (χ2n) is 4.68. The summed E-state index contributed by atoms with van der Waals surface area (Å²) in [4.78, 5) is 17.1. The highest BCUT2D eigenvalue weighted by Crippen LogP contribution is 2.19. The van der Waals surface area contributed by atoms with Gasteiger partial charge < -0.3 is 4.74 Å². The molecule has 0 unspecified atom stereocenters. The highest BCUT2D eigenvalue weighted by atomic mass is 16.5. The summed E-state index contributed by atoms with van der Waals surface area (Å²) in [6.45, 7) is 0. The summed E-state index contributed by atoms with van der Waals surface area (Å²) < 4.78 is 6.64. The molecule has 8 heteroatoms. The molecule has 108 valence electrons. The van der Waals surface area contributed by atoms with Gasteiger partial charge in [-0.25, -0.2) is 4.98 Å². The molecular formula is C14H10N6O2. The largest absolute Gasteiger partial charge is 0.497 e. The van der Waals surface area contributed by atoms with Gasteiger partial charge in [0.05, 0.1) is 18.0 Å². The number of hydrogen-bond acceptors (Lipinski definition) is 6. The minimum atomic E-state index is -0.159. The van der Waals surface area contributed by atoms with Crippen molar-refractivity contribution >= 4 is 16.6 Å². The van der Waals surface area contributed by atoms with Gasteiger partial charge in [-0.05, 0) is 29.5 Å². The van der Waals surface area contributed by atoms with Crippen LogP contribution < -0.4 is 10.3 Å². The number of hydrogen-bond donors (Lipinski definition) is 1. The van der Waals surface area contributed by atoms with E-state index in [-0.39, 0.29) is 5.56 Å². The van der Waals surface area contributed by atoms with Crippen LogP contribution in [0.25, 0.3) is 27.9 Å². The zero-order valence-corrected chi connectivity index (χ0v) is 11.5. The summed E-state index contributed by atoms with van der Waals surface area (Å²) in [7, 11) is 1.58. The van der Waals surface area contributed by atoms with Gasteiger partial charge in [0.25, 0.3) is 5.56 Å². The highest BCUT2D eigenvalue weighted by molar-refractivity contribution is 5.81. The second kappa shape index (κ2) is 4.62. The van der Waals surface area contributed by atoms with E-state index >= 15 is 0 Å². The Kier molecular flexibility index (Phi) is 2.62. The van der Waals surface area contributed by atoms with E-state index in [4.69, 9.17) is 4.74 Å². The number of rotatable bonds is 2. The van der Waals surface area contributed by atoms with Crippen LogP contribution >= 0.6 is 0 Å². The fourth-order valence-electron chi connectivity index (χ4n) is 2.33. The van der Waals surface area contributed by atoms with Crippen molar-refractivity contribution in [2.24, 2.45) is 0 Å². The van der Waals surface area contributed by atoms with Crippen molar-refractivity contribution in [3.8, 4) is 17.1 Å². The number of aromatic amines is 1. The Bertz CT molecular complexity index is 1040. The molecule has 0 aliphatic carbocycles. The number of tetrazole rings is 1. The Labute approximate surface area is 123 Å². The third kappa shape index (κ3) is 1.81. The van der Waals surface area contributed by atoms with E-state index in [1.807, 2.05) is 0 Å². The molecule has 0 aliphatic rings. The summed E-state index contributed by atoms with van der Waals surface area (Å²) in [5.41, 5.74) is 1.65. The summed E-state index contributed by atoms with van der Waals surface area (Å²) in [6, 6.07) is 8.71. The fraction of sp³-hybridized carbons (Fsp3) is 0.0714. The van der Waals surface area contributed by atoms with Crippen molar-refractivity contribution in [1.82, 2.24) is 30.0 Å². The molecule has 22 heavy (non-hydrogen) atoms. The first-order chi connectivity index (χ1) is 10.8. The molecule has 0 saturated carbocycles. The molecule has 1 aromatic carbocycles. The lowest BCUT2D eigenvalue weighted by atomic mass is 10.2. The van der Waals surface area contributed by atoms with Crippen LogP contribution in [0.15, 0.2) is 41.3 Å². The normalized spacial score (nSPS) is 11.1. The van der Waals surface area contributed by atoms with E-state index in [2.05, 4.69) is 25.6 Å². The monoisotopic (exact) mass is 294 g/mol. The van der Waals surface area contributed by atoms with Crippen LogP contribution in [0.2, 0.25) is 0 Å². The van der Waals surface area contributed by atoms with Gasteiger partial charge >= 0.3 is 0 Å². The van der Waals surface area contributed by atoms with E-state index in [9.17, 15) is 4.79 Å². The first kappa shape index (κ1) is 12.5. The van der Waals surface area contributed by atoms with Gasteiger partial charge in [0.2, 0.25) is 5.82 Å². The standard InChI is InChI=1S/C14H10N6O2/c1-22-9-3-4-10-11(6-9)15-12-5-2-8(7-20(12)14(10)21)13-16-18-19-17-13/h2-7H,1H3,(H,16,17,18,19). The van der Waals surface area contributed by atoms with Gasteiger partial charge in [0.15, 0.2) is 0 Å². The molecular weight excluding hydrogens is 284 g/mol. The number of fused-ring (bicyclic) bond motifs is 2. The SMILES string of the molecule is COc1ccc2c(=O)n3cc(-c4nn[nH]n4)ccc3nc2c1. The van der Waals surface area contributed by atoms with Crippen molar-refractivity contribution in [1.29, 1.82) is 0 Å². The van der Waals surface area contributed by atoms with Crippen LogP contribution in [0.3, 0.4) is 0 Å². The zero-order chi connectivity index (χ0) is 15.1. The summed E-state index contributed by atoms with van der Waals surface area (Å²) in [5, 5.41) is 14.2. The van der Waals surface area contributed by atoms with E-state index in [1.165, 1.54) is 4.40 Å². The molecule has 0 amide bonds. The van der Waals surface area contributed by atoms with Crippen molar-refractivity contribution in [3.63, 3.8) is 0 Å². The number of nitrogens with zero attached hydrogens (tertiary/aromatic N) is 5. The van der Waals surface area contributed by atoms with Gasteiger partial charge in [0, 0.05) is 17.8 Å². The minimum absolute atomic E-state index is 0.159. The maximum absolute atomic E-state index is 12.6. The Morgan fingerprint density at radius 2 is 2.14 bits per heavy atom. The quantitative estimate of drug-likeness (QED) is 0.555. The molecule has 3 aromatic heterocycles. The van der Waals surface area contributed by atoms with Gasteiger partial charge in [-0.1, -0.05) is 0 Å². The van der Waals surface area contributed by atoms with Crippen LogP contribution in [0.1, 0.15) is 0 Å². The Morgan fingerprint density at radius 1 is 1.23 bits per heavy atom.